The van der Waals surface area contributed by atoms with Gasteiger partial charge in [-0.25, -0.2) is 0 Å². The van der Waals surface area contributed by atoms with E-state index in [1.165, 1.54) is 12.8 Å². The van der Waals surface area contributed by atoms with Crippen LogP contribution in [0, 0.1) is 11.3 Å². The molecular weight excluding hydrogens is 290 g/mol. The minimum Gasteiger partial charge on any atom is -0.339 e. The van der Waals surface area contributed by atoms with Crippen molar-refractivity contribution in [2.75, 3.05) is 11.9 Å². The van der Waals surface area contributed by atoms with Crippen LogP contribution in [-0.2, 0) is 4.79 Å². The molecule has 1 atom stereocenters. The molecule has 0 spiro atoms. The predicted octanol–water partition coefficient (Wildman–Crippen LogP) is 4.22. The third kappa shape index (κ3) is 3.49. The third-order valence-electron chi connectivity index (χ3n) is 4.55. The Balaban J connectivity index is 2.82. The highest BCUT2D eigenvalue weighted by Gasteiger charge is 2.41. The molecule has 1 rings (SSSR count). The van der Waals surface area contributed by atoms with E-state index in [4.69, 9.17) is 0 Å². The van der Waals surface area contributed by atoms with Gasteiger partial charge in [0.15, 0.2) is 0 Å². The molecule has 1 aliphatic rings. The van der Waals surface area contributed by atoms with Crippen LogP contribution in [0.5, 0.6) is 0 Å². The SMILES string of the molecule is CCC(CC)N(CCBr)C(=O)C1CCCC1(C)C. The summed E-state index contributed by atoms with van der Waals surface area (Å²) in [6.45, 7) is 9.71. The molecule has 1 unspecified atom stereocenters. The number of carbonyl (C=O) groups is 1. The molecule has 1 aliphatic carbocycles. The first kappa shape index (κ1) is 16.0. The van der Waals surface area contributed by atoms with Gasteiger partial charge in [0.1, 0.15) is 0 Å². The lowest BCUT2D eigenvalue weighted by molar-refractivity contribution is -0.140. The second kappa shape index (κ2) is 6.93. The minimum absolute atomic E-state index is 0.188. The first-order valence-corrected chi connectivity index (χ1v) is 8.46. The van der Waals surface area contributed by atoms with Gasteiger partial charge in [-0.05, 0) is 31.1 Å². The van der Waals surface area contributed by atoms with Crippen LogP contribution in [0.15, 0.2) is 0 Å². The lowest BCUT2D eigenvalue weighted by Crippen LogP contribution is -2.46. The molecule has 0 N–H and O–H groups in total. The molecule has 0 bridgehead atoms. The average Bonchev–Trinajstić information content (AvgIpc) is 2.68. The van der Waals surface area contributed by atoms with Crippen LogP contribution in [0.1, 0.15) is 59.8 Å². The quantitative estimate of drug-likeness (QED) is 0.671. The fraction of sp³-hybridized carbons (Fsp3) is 0.933. The van der Waals surface area contributed by atoms with Crippen molar-refractivity contribution in [1.29, 1.82) is 0 Å². The van der Waals surface area contributed by atoms with E-state index < -0.39 is 0 Å². The van der Waals surface area contributed by atoms with Crippen LogP contribution in [0.4, 0.5) is 0 Å². The zero-order valence-electron chi connectivity index (χ0n) is 12.3. The highest BCUT2D eigenvalue weighted by Crippen LogP contribution is 2.43. The van der Waals surface area contributed by atoms with Gasteiger partial charge in [0.05, 0.1) is 0 Å². The summed E-state index contributed by atoms with van der Waals surface area (Å²) in [6, 6.07) is 0.409. The molecule has 0 aromatic rings. The van der Waals surface area contributed by atoms with Crippen molar-refractivity contribution >= 4 is 21.8 Å². The molecule has 0 radical (unpaired) electrons. The van der Waals surface area contributed by atoms with Crippen LogP contribution in [0.25, 0.3) is 0 Å². The molecule has 0 aromatic heterocycles. The van der Waals surface area contributed by atoms with Crippen molar-refractivity contribution in [3.63, 3.8) is 0 Å². The van der Waals surface area contributed by atoms with Gasteiger partial charge in [-0.2, -0.15) is 0 Å². The van der Waals surface area contributed by atoms with Crippen LogP contribution in [0.3, 0.4) is 0 Å². The van der Waals surface area contributed by atoms with E-state index in [-0.39, 0.29) is 11.3 Å². The zero-order valence-corrected chi connectivity index (χ0v) is 13.9. The topological polar surface area (TPSA) is 20.3 Å². The number of carbonyl (C=O) groups excluding carboxylic acids is 1. The number of alkyl halides is 1. The van der Waals surface area contributed by atoms with E-state index in [0.717, 1.165) is 31.1 Å². The molecule has 1 amide bonds. The van der Waals surface area contributed by atoms with Crippen LogP contribution < -0.4 is 0 Å². The largest absolute Gasteiger partial charge is 0.339 e. The molecule has 3 heteroatoms. The van der Waals surface area contributed by atoms with Gasteiger partial charge in [0.25, 0.3) is 0 Å². The minimum atomic E-state index is 0.188. The van der Waals surface area contributed by atoms with Crippen molar-refractivity contribution in [2.24, 2.45) is 11.3 Å². The van der Waals surface area contributed by atoms with E-state index >= 15 is 0 Å². The van der Waals surface area contributed by atoms with Gasteiger partial charge in [-0.3, -0.25) is 4.79 Å². The van der Waals surface area contributed by atoms with Crippen LogP contribution in [0.2, 0.25) is 0 Å². The number of hydrogen-bond acceptors (Lipinski definition) is 1. The molecular formula is C15H28BrNO. The van der Waals surface area contributed by atoms with Gasteiger partial charge in [0, 0.05) is 23.8 Å². The molecule has 0 aliphatic heterocycles. The van der Waals surface area contributed by atoms with E-state index in [2.05, 4.69) is 48.5 Å². The van der Waals surface area contributed by atoms with Crippen LogP contribution >= 0.6 is 15.9 Å². The van der Waals surface area contributed by atoms with E-state index in [9.17, 15) is 4.79 Å². The second-order valence-electron chi connectivity index (χ2n) is 6.12. The molecule has 2 nitrogen and oxygen atoms in total. The first-order valence-electron chi connectivity index (χ1n) is 7.34. The number of halogens is 1. The summed E-state index contributed by atoms with van der Waals surface area (Å²) in [5.41, 5.74) is 0.188. The highest BCUT2D eigenvalue weighted by molar-refractivity contribution is 9.09. The second-order valence-corrected chi connectivity index (χ2v) is 6.92. The number of hydrogen-bond donors (Lipinski definition) is 0. The molecule has 1 saturated carbocycles. The van der Waals surface area contributed by atoms with Crippen molar-refractivity contribution in [2.45, 2.75) is 65.8 Å². The van der Waals surface area contributed by atoms with Gasteiger partial charge in [-0.1, -0.05) is 50.0 Å². The van der Waals surface area contributed by atoms with Crippen molar-refractivity contribution in [3.05, 3.63) is 0 Å². The summed E-state index contributed by atoms with van der Waals surface area (Å²) in [7, 11) is 0. The molecule has 0 aromatic carbocycles. The maximum Gasteiger partial charge on any atom is 0.226 e. The number of nitrogens with zero attached hydrogens (tertiary/aromatic N) is 1. The summed E-state index contributed by atoms with van der Waals surface area (Å²) >= 11 is 3.49. The summed E-state index contributed by atoms with van der Waals surface area (Å²) in [6.07, 6.45) is 5.58. The standard InChI is InChI=1S/C15H28BrNO/c1-5-12(6-2)17(11-10-16)14(18)13-8-7-9-15(13,3)4/h12-13H,5-11H2,1-4H3. The van der Waals surface area contributed by atoms with E-state index in [1.54, 1.807) is 0 Å². The fourth-order valence-electron chi connectivity index (χ4n) is 3.28. The van der Waals surface area contributed by atoms with Crippen molar-refractivity contribution in [3.8, 4) is 0 Å². The zero-order chi connectivity index (χ0) is 13.8. The maximum atomic E-state index is 12.8. The van der Waals surface area contributed by atoms with E-state index in [0.29, 0.717) is 11.9 Å². The third-order valence-corrected chi connectivity index (χ3v) is 4.90. The molecule has 0 heterocycles. The van der Waals surface area contributed by atoms with Gasteiger partial charge < -0.3 is 4.90 Å². The monoisotopic (exact) mass is 317 g/mol. The van der Waals surface area contributed by atoms with Gasteiger partial charge in [0.2, 0.25) is 5.91 Å². The van der Waals surface area contributed by atoms with Crippen molar-refractivity contribution in [1.82, 2.24) is 4.90 Å². The Morgan fingerprint density at radius 2 is 2.00 bits per heavy atom. The maximum absolute atomic E-state index is 12.8. The molecule has 1 fully saturated rings. The Bertz CT molecular complexity index is 274. The number of amides is 1. The summed E-state index contributed by atoms with van der Waals surface area (Å²) in [4.78, 5) is 14.9. The molecule has 18 heavy (non-hydrogen) atoms. The number of rotatable bonds is 6. The summed E-state index contributed by atoms with van der Waals surface area (Å²) in [5.74, 6) is 0.628. The van der Waals surface area contributed by atoms with E-state index in [1.807, 2.05) is 0 Å². The molecule has 106 valence electrons. The average molecular weight is 318 g/mol. The Kier molecular flexibility index (Phi) is 6.16. The van der Waals surface area contributed by atoms with Crippen LogP contribution in [-0.4, -0.2) is 28.7 Å². The Morgan fingerprint density at radius 1 is 1.39 bits per heavy atom. The summed E-state index contributed by atoms with van der Waals surface area (Å²) < 4.78 is 0. The molecule has 0 saturated heterocycles. The highest BCUT2D eigenvalue weighted by atomic mass is 79.9. The summed E-state index contributed by atoms with van der Waals surface area (Å²) in [5, 5.41) is 0.877. The Morgan fingerprint density at radius 3 is 2.39 bits per heavy atom. The predicted molar refractivity (Wildman–Crippen MR) is 81.0 cm³/mol. The smallest absolute Gasteiger partial charge is 0.226 e. The van der Waals surface area contributed by atoms with Gasteiger partial charge >= 0.3 is 0 Å². The van der Waals surface area contributed by atoms with Crippen molar-refractivity contribution < 1.29 is 4.79 Å². The lowest BCUT2D eigenvalue weighted by Gasteiger charge is -2.36. The normalized spacial score (nSPS) is 22.4. The lowest BCUT2D eigenvalue weighted by atomic mass is 9.80. The Labute approximate surface area is 121 Å². The first-order chi connectivity index (χ1) is 8.47. The fourth-order valence-corrected chi connectivity index (χ4v) is 3.66. The Hall–Kier alpha value is -0.0500. The van der Waals surface area contributed by atoms with Gasteiger partial charge in [-0.15, -0.1) is 0 Å².